The second-order valence-electron chi connectivity index (χ2n) is 15.0. The zero-order chi connectivity index (χ0) is 39.1. The Hall–Kier alpha value is -4.92. The number of nitrogens with zero attached hydrogens (tertiary/aromatic N) is 2. The Kier molecular flexibility index (Phi) is 12.4. The number of aromatic amines is 1. The molecule has 6 aromatic carbocycles. The van der Waals surface area contributed by atoms with Gasteiger partial charge in [-0.25, -0.2) is 8.78 Å². The van der Waals surface area contributed by atoms with Crippen LogP contribution in [0.15, 0.2) is 143 Å². The van der Waals surface area contributed by atoms with E-state index in [-0.39, 0.29) is 11.6 Å². The number of hydrogen-bond donors (Lipinski definition) is 2. The van der Waals surface area contributed by atoms with Crippen LogP contribution >= 0.6 is 31.9 Å². The van der Waals surface area contributed by atoms with Crippen molar-refractivity contribution in [2.75, 3.05) is 34.8 Å². The van der Waals surface area contributed by atoms with Crippen LogP contribution in [0.1, 0.15) is 47.1 Å². The number of hydrogen-bond acceptors (Lipinski definition) is 3. The normalized spacial score (nSPS) is 14.2. The van der Waals surface area contributed by atoms with Crippen molar-refractivity contribution in [3.63, 3.8) is 0 Å². The molecule has 0 fully saturated rings. The number of halogens is 4. The van der Waals surface area contributed by atoms with Gasteiger partial charge in [0.25, 0.3) is 0 Å². The molecule has 4 heterocycles. The first-order chi connectivity index (χ1) is 27.8. The van der Waals surface area contributed by atoms with E-state index in [2.05, 4.69) is 131 Å². The van der Waals surface area contributed by atoms with Crippen LogP contribution in [-0.2, 0) is 32.4 Å². The number of rotatable bonds is 5. The number of benzene rings is 6. The molecule has 0 saturated heterocycles. The Morgan fingerprint density at radius 3 is 1.74 bits per heavy atom. The summed E-state index contributed by atoms with van der Waals surface area (Å²) in [5.74, 6) is -0.356. The minimum Gasteiger partial charge on any atom is -0.385 e. The highest BCUT2D eigenvalue weighted by atomic mass is 79.9. The highest BCUT2D eigenvalue weighted by Gasteiger charge is 2.19. The van der Waals surface area contributed by atoms with Crippen molar-refractivity contribution in [2.24, 2.45) is 0 Å². The standard InChI is InChI=1S/C24H21FN2.C16H15BrFN.C9H10BrN/c25-22-8-3-17(4-9-22)16-27-13-1-2-18-5-6-20(15-24(18)27)19-7-10-23-21(14-19)11-12-26-23;17-14-6-5-13-2-1-9-19(16(13)10-14)11-12-3-7-15(18)8-4-12;10-8-4-3-7-2-1-5-11-9(7)6-8/h3-12,14-15,26H,1-2,13,16H2;3-8,10H,1-2,9,11H2;3-4,6,11H,1-2,5H2. The van der Waals surface area contributed by atoms with E-state index < -0.39 is 0 Å². The highest BCUT2D eigenvalue weighted by molar-refractivity contribution is 9.10. The molecular formula is C49H46Br2F2N4. The Labute approximate surface area is 351 Å². The largest absolute Gasteiger partial charge is 0.385 e. The maximum atomic E-state index is 13.2. The van der Waals surface area contributed by atoms with E-state index >= 15 is 0 Å². The van der Waals surface area contributed by atoms with Crippen LogP contribution in [0.3, 0.4) is 0 Å². The van der Waals surface area contributed by atoms with E-state index in [0.29, 0.717) is 0 Å². The molecule has 0 unspecified atom stereocenters. The van der Waals surface area contributed by atoms with Crippen molar-refractivity contribution >= 4 is 59.8 Å². The first-order valence-electron chi connectivity index (χ1n) is 19.8. The van der Waals surface area contributed by atoms with E-state index in [1.165, 1.54) is 81.7 Å². The summed E-state index contributed by atoms with van der Waals surface area (Å²) in [6.07, 6.45) is 9.05. The third-order valence-corrected chi connectivity index (χ3v) is 12.0. The average molecular weight is 889 g/mol. The van der Waals surface area contributed by atoms with E-state index in [1.807, 2.05) is 30.5 Å². The fourth-order valence-corrected chi connectivity index (χ4v) is 8.78. The molecule has 0 saturated carbocycles. The number of H-pyrrole nitrogens is 1. The predicted molar refractivity (Wildman–Crippen MR) is 240 cm³/mol. The lowest BCUT2D eigenvalue weighted by molar-refractivity contribution is 0.625. The predicted octanol–water partition coefficient (Wildman–Crippen LogP) is 13.3. The van der Waals surface area contributed by atoms with Gasteiger partial charge in [0.2, 0.25) is 0 Å². The van der Waals surface area contributed by atoms with Crippen LogP contribution in [0.25, 0.3) is 22.0 Å². The molecule has 4 nitrogen and oxygen atoms in total. The van der Waals surface area contributed by atoms with Crippen LogP contribution in [0.5, 0.6) is 0 Å². The smallest absolute Gasteiger partial charge is 0.123 e. The van der Waals surface area contributed by atoms with Gasteiger partial charge in [0, 0.05) is 70.4 Å². The van der Waals surface area contributed by atoms with E-state index in [9.17, 15) is 8.78 Å². The molecule has 2 N–H and O–H groups in total. The molecule has 8 heteroatoms. The van der Waals surface area contributed by atoms with Crippen LogP contribution < -0.4 is 15.1 Å². The van der Waals surface area contributed by atoms with Gasteiger partial charge in [-0.1, -0.05) is 86.5 Å². The summed E-state index contributed by atoms with van der Waals surface area (Å²) in [5, 5.41) is 4.60. The van der Waals surface area contributed by atoms with Crippen molar-refractivity contribution in [3.05, 3.63) is 182 Å². The molecule has 0 amide bonds. The summed E-state index contributed by atoms with van der Waals surface area (Å²) in [5.41, 5.74) is 14.1. The fraction of sp³-hybridized carbons (Fsp3) is 0.224. The number of nitrogens with one attached hydrogen (secondary N) is 2. The minimum atomic E-state index is -0.180. The molecule has 3 aliphatic heterocycles. The van der Waals surface area contributed by atoms with Gasteiger partial charge in [0.1, 0.15) is 11.6 Å². The second kappa shape index (κ2) is 18.1. The topological polar surface area (TPSA) is 34.3 Å². The summed E-state index contributed by atoms with van der Waals surface area (Å²) < 4.78 is 28.4. The van der Waals surface area contributed by atoms with Crippen LogP contribution in [0.2, 0.25) is 0 Å². The van der Waals surface area contributed by atoms with Gasteiger partial charge in [-0.15, -0.1) is 0 Å². The number of aromatic nitrogens is 1. The molecule has 0 spiro atoms. The molecule has 0 aliphatic carbocycles. The zero-order valence-corrected chi connectivity index (χ0v) is 35.1. The average Bonchev–Trinajstić information content (AvgIpc) is 3.72. The van der Waals surface area contributed by atoms with Crippen molar-refractivity contribution in [3.8, 4) is 11.1 Å². The molecule has 0 radical (unpaired) electrons. The van der Waals surface area contributed by atoms with Crippen molar-refractivity contribution in [2.45, 2.75) is 51.6 Å². The van der Waals surface area contributed by atoms with Gasteiger partial charge >= 0.3 is 0 Å². The number of aryl methyl sites for hydroxylation is 3. The third kappa shape index (κ3) is 9.79. The molecule has 290 valence electrons. The van der Waals surface area contributed by atoms with Crippen LogP contribution in [0, 0.1) is 11.6 Å². The minimum absolute atomic E-state index is 0.175. The molecule has 0 bridgehead atoms. The first-order valence-corrected chi connectivity index (χ1v) is 21.4. The lowest BCUT2D eigenvalue weighted by Crippen LogP contribution is -2.28. The third-order valence-electron chi connectivity index (χ3n) is 11.0. The lowest BCUT2D eigenvalue weighted by Gasteiger charge is -2.32. The Bertz CT molecular complexity index is 2440. The fourth-order valence-electron chi connectivity index (χ4n) is 8.07. The van der Waals surface area contributed by atoms with Crippen molar-refractivity contribution in [1.82, 2.24) is 4.98 Å². The summed E-state index contributed by atoms with van der Waals surface area (Å²) in [6.45, 7) is 4.85. The summed E-state index contributed by atoms with van der Waals surface area (Å²) in [4.78, 5) is 8.04. The van der Waals surface area contributed by atoms with Crippen LogP contribution in [-0.4, -0.2) is 24.6 Å². The van der Waals surface area contributed by atoms with Gasteiger partial charge in [0.05, 0.1) is 0 Å². The summed E-state index contributed by atoms with van der Waals surface area (Å²) in [6, 6.07) is 42.0. The molecule has 3 aliphatic rings. The van der Waals surface area contributed by atoms with Gasteiger partial charge in [-0.3, -0.25) is 0 Å². The quantitative estimate of drug-likeness (QED) is 0.181. The Balaban J connectivity index is 0.000000131. The van der Waals surface area contributed by atoms with Crippen molar-refractivity contribution < 1.29 is 8.78 Å². The lowest BCUT2D eigenvalue weighted by atomic mass is 9.96. The van der Waals surface area contributed by atoms with E-state index in [4.69, 9.17) is 0 Å². The molecular weight excluding hydrogens is 842 g/mol. The number of anilines is 3. The summed E-state index contributed by atoms with van der Waals surface area (Å²) >= 11 is 6.99. The summed E-state index contributed by atoms with van der Waals surface area (Å²) in [7, 11) is 0. The second-order valence-corrected chi connectivity index (χ2v) is 16.9. The van der Waals surface area contributed by atoms with Crippen LogP contribution in [0.4, 0.5) is 25.8 Å². The number of fused-ring (bicyclic) bond motifs is 4. The Morgan fingerprint density at radius 1 is 0.526 bits per heavy atom. The monoisotopic (exact) mass is 886 g/mol. The molecule has 7 aromatic rings. The zero-order valence-electron chi connectivity index (χ0n) is 31.9. The maximum absolute atomic E-state index is 13.2. The van der Waals surface area contributed by atoms with Gasteiger partial charge in [0.15, 0.2) is 0 Å². The van der Waals surface area contributed by atoms with Gasteiger partial charge < -0.3 is 20.1 Å². The van der Waals surface area contributed by atoms with Gasteiger partial charge in [-0.05, 0) is 156 Å². The molecule has 1 aromatic heterocycles. The van der Waals surface area contributed by atoms with Crippen molar-refractivity contribution in [1.29, 1.82) is 0 Å². The molecule has 10 rings (SSSR count). The maximum Gasteiger partial charge on any atom is 0.123 e. The van der Waals surface area contributed by atoms with E-state index in [0.717, 1.165) is 77.6 Å². The van der Waals surface area contributed by atoms with E-state index in [1.54, 1.807) is 12.1 Å². The highest BCUT2D eigenvalue weighted by Crippen LogP contribution is 2.35. The molecule has 57 heavy (non-hydrogen) atoms. The SMILES string of the molecule is Brc1ccc2c(c1)NCCC2.Fc1ccc(CN2CCCc3ccc(-c4ccc5[nH]ccc5c4)cc32)cc1.Fc1ccc(CN2CCCc3ccc(Br)cc32)cc1. The Morgan fingerprint density at radius 2 is 1.07 bits per heavy atom. The first kappa shape index (κ1) is 38.9. The molecule has 0 atom stereocenters. The van der Waals surface area contributed by atoms with Gasteiger partial charge in [-0.2, -0.15) is 0 Å².